The Balaban J connectivity index is 1.40. The van der Waals surface area contributed by atoms with Crippen molar-refractivity contribution in [3.63, 3.8) is 0 Å². The average Bonchev–Trinajstić information content (AvgIpc) is 3.60. The smallest absolute Gasteiger partial charge is 0.266 e. The molecule has 2 fully saturated rings. The van der Waals surface area contributed by atoms with Crippen LogP contribution in [0.4, 0.5) is 20.2 Å². The minimum atomic E-state index is -0.411. The summed E-state index contributed by atoms with van der Waals surface area (Å²) < 4.78 is 41.0. The largest absolute Gasteiger partial charge is 0.354 e. The van der Waals surface area contributed by atoms with Crippen molar-refractivity contribution in [2.45, 2.75) is 51.4 Å². The quantitative estimate of drug-likeness (QED) is 0.270. The van der Waals surface area contributed by atoms with Gasteiger partial charge >= 0.3 is 0 Å². The first kappa shape index (κ1) is 27.6. The zero-order valence-electron chi connectivity index (χ0n) is 22.7. The van der Waals surface area contributed by atoms with Gasteiger partial charge < -0.3 is 19.7 Å². The van der Waals surface area contributed by atoms with Gasteiger partial charge in [0.25, 0.3) is 11.5 Å². The average molecular weight is 580 g/mol. The van der Waals surface area contributed by atoms with E-state index >= 15 is 0 Å². The van der Waals surface area contributed by atoms with E-state index < -0.39 is 5.82 Å². The van der Waals surface area contributed by atoms with Gasteiger partial charge in [-0.2, -0.15) is 0 Å². The highest BCUT2D eigenvalue weighted by Gasteiger charge is 2.34. The highest BCUT2D eigenvalue weighted by atomic mass is 32.1. The van der Waals surface area contributed by atoms with E-state index in [0.717, 1.165) is 32.1 Å². The number of fused-ring (bicyclic) bond motifs is 1. The molecule has 4 aromatic rings. The summed E-state index contributed by atoms with van der Waals surface area (Å²) in [4.78, 5) is 30.1. The number of carbonyl (C=O) groups excluding carboxylic acids is 1. The topological polar surface area (TPSA) is 72.8 Å². The first-order chi connectivity index (χ1) is 19.9. The summed E-state index contributed by atoms with van der Waals surface area (Å²) in [7, 11) is 0. The molecule has 4 heterocycles. The summed E-state index contributed by atoms with van der Waals surface area (Å²) in [5.74, 6) is -0.902. The molecule has 0 radical (unpaired) electrons. The number of halogens is 2. The van der Waals surface area contributed by atoms with Crippen molar-refractivity contribution in [2.75, 3.05) is 25.1 Å². The summed E-state index contributed by atoms with van der Waals surface area (Å²) in [6.07, 6.45) is 4.39. The summed E-state index contributed by atoms with van der Waals surface area (Å²) in [6.45, 7) is 3.34. The molecule has 1 N–H and O–H groups in total. The van der Waals surface area contributed by atoms with Gasteiger partial charge in [0.15, 0.2) is 6.29 Å². The molecule has 10 heteroatoms. The molecule has 2 saturated heterocycles. The molecule has 0 aliphatic carbocycles. The van der Waals surface area contributed by atoms with E-state index in [4.69, 9.17) is 9.47 Å². The van der Waals surface area contributed by atoms with Crippen LogP contribution < -0.4 is 10.9 Å². The van der Waals surface area contributed by atoms with E-state index in [1.165, 1.54) is 52.3 Å². The van der Waals surface area contributed by atoms with Gasteiger partial charge in [0.1, 0.15) is 21.3 Å². The van der Waals surface area contributed by atoms with Gasteiger partial charge in [-0.1, -0.05) is 0 Å². The Hall–Kier alpha value is -3.60. The minimum absolute atomic E-state index is 0.0987. The highest BCUT2D eigenvalue weighted by molar-refractivity contribution is 7.21. The number of carbonyl (C=O) groups is 1. The first-order valence-electron chi connectivity index (χ1n) is 13.9. The lowest BCUT2D eigenvalue weighted by molar-refractivity contribution is -0.168. The van der Waals surface area contributed by atoms with E-state index in [0.29, 0.717) is 57.5 Å². The Morgan fingerprint density at radius 1 is 1.07 bits per heavy atom. The van der Waals surface area contributed by atoms with Crippen molar-refractivity contribution in [1.29, 1.82) is 0 Å². The fraction of sp³-hybridized carbons (Fsp3) is 0.355. The molecule has 41 heavy (non-hydrogen) atoms. The van der Waals surface area contributed by atoms with Crippen molar-refractivity contribution in [3.05, 3.63) is 87.0 Å². The molecule has 2 aromatic carbocycles. The molecule has 2 aliphatic rings. The van der Waals surface area contributed by atoms with Gasteiger partial charge in [0.2, 0.25) is 0 Å². The van der Waals surface area contributed by atoms with Crippen molar-refractivity contribution in [3.8, 4) is 5.69 Å². The van der Waals surface area contributed by atoms with Crippen LogP contribution in [-0.2, 0) is 9.47 Å². The van der Waals surface area contributed by atoms with Crippen LogP contribution in [0.2, 0.25) is 0 Å². The number of aromatic nitrogens is 1. The second-order valence-corrected chi connectivity index (χ2v) is 11.5. The fourth-order valence-corrected chi connectivity index (χ4v) is 6.75. The lowest BCUT2D eigenvalue weighted by Crippen LogP contribution is -2.39. The zero-order valence-corrected chi connectivity index (χ0v) is 23.5. The van der Waals surface area contributed by atoms with E-state index in [9.17, 15) is 18.4 Å². The SMILES string of the molecule is Cc1cc(Nc2c(C(=O)N3CCC[C@@H]3COC3CCCCO3)sc3c2ccc(=O)n3-c2ccc(F)cc2)ccc1F. The van der Waals surface area contributed by atoms with Gasteiger partial charge in [-0.15, -0.1) is 11.3 Å². The summed E-state index contributed by atoms with van der Waals surface area (Å²) in [5.41, 5.74) is 1.82. The number of pyridine rings is 1. The molecule has 0 saturated carbocycles. The number of nitrogens with one attached hydrogen (secondary N) is 1. The molecule has 0 spiro atoms. The van der Waals surface area contributed by atoms with Crippen LogP contribution in [0.3, 0.4) is 0 Å². The van der Waals surface area contributed by atoms with Gasteiger partial charge in [-0.25, -0.2) is 8.78 Å². The van der Waals surface area contributed by atoms with Crippen molar-refractivity contribution in [1.82, 2.24) is 9.47 Å². The monoisotopic (exact) mass is 579 g/mol. The number of aryl methyl sites for hydroxylation is 1. The van der Waals surface area contributed by atoms with Gasteiger partial charge in [-0.3, -0.25) is 14.2 Å². The maximum atomic E-state index is 14.2. The van der Waals surface area contributed by atoms with Crippen LogP contribution in [0, 0.1) is 18.6 Å². The number of likely N-dealkylation sites (tertiary alicyclic amines) is 1. The second kappa shape index (κ2) is 11.7. The maximum Gasteiger partial charge on any atom is 0.266 e. The third kappa shape index (κ3) is 5.64. The fourth-order valence-electron chi connectivity index (χ4n) is 5.53. The Kier molecular flexibility index (Phi) is 7.88. The second-order valence-electron chi connectivity index (χ2n) is 10.5. The van der Waals surface area contributed by atoms with Crippen LogP contribution >= 0.6 is 11.3 Å². The number of amides is 1. The maximum absolute atomic E-state index is 14.2. The van der Waals surface area contributed by atoms with E-state index in [-0.39, 0.29) is 29.6 Å². The lowest BCUT2D eigenvalue weighted by Gasteiger charge is -2.28. The Bertz CT molecular complexity index is 1630. The molecule has 1 amide bonds. The first-order valence-corrected chi connectivity index (χ1v) is 14.7. The van der Waals surface area contributed by atoms with Gasteiger partial charge in [-0.05, 0) is 93.1 Å². The summed E-state index contributed by atoms with van der Waals surface area (Å²) >= 11 is 1.21. The molecule has 0 bridgehead atoms. The summed E-state index contributed by atoms with van der Waals surface area (Å²) in [6, 6.07) is 13.4. The molecule has 2 atom stereocenters. The normalized spacial score (nSPS) is 19.1. The van der Waals surface area contributed by atoms with Crippen molar-refractivity contribution in [2.24, 2.45) is 0 Å². The predicted molar refractivity (Wildman–Crippen MR) is 155 cm³/mol. The Morgan fingerprint density at radius 2 is 1.90 bits per heavy atom. The number of anilines is 2. The molecule has 7 nitrogen and oxygen atoms in total. The Morgan fingerprint density at radius 3 is 2.66 bits per heavy atom. The number of nitrogens with zero attached hydrogens (tertiary/aromatic N) is 2. The number of thiophene rings is 1. The molecule has 2 aromatic heterocycles. The van der Waals surface area contributed by atoms with Crippen LogP contribution in [0.15, 0.2) is 59.4 Å². The van der Waals surface area contributed by atoms with Crippen LogP contribution in [0.5, 0.6) is 0 Å². The molecule has 2 aliphatic heterocycles. The summed E-state index contributed by atoms with van der Waals surface area (Å²) in [5, 5.41) is 4.00. The minimum Gasteiger partial charge on any atom is -0.354 e. The lowest BCUT2D eigenvalue weighted by atomic mass is 10.1. The molecular formula is C31H31F2N3O4S. The number of hydrogen-bond acceptors (Lipinski definition) is 6. The van der Waals surface area contributed by atoms with Crippen LogP contribution in [0.25, 0.3) is 15.9 Å². The predicted octanol–water partition coefficient (Wildman–Crippen LogP) is 6.53. The van der Waals surface area contributed by atoms with Crippen molar-refractivity contribution >= 4 is 38.8 Å². The highest BCUT2D eigenvalue weighted by Crippen LogP contribution is 2.40. The Labute approximate surface area is 240 Å². The van der Waals surface area contributed by atoms with E-state index in [1.807, 2.05) is 4.90 Å². The number of rotatable bonds is 7. The third-order valence-electron chi connectivity index (χ3n) is 7.70. The van der Waals surface area contributed by atoms with E-state index in [2.05, 4.69) is 5.32 Å². The van der Waals surface area contributed by atoms with Crippen LogP contribution in [0.1, 0.15) is 47.3 Å². The standard InChI is InChI=1S/C31H31F2N3O4S/c1-19-17-21(9-13-25(19)33)34-28-24-12-14-26(37)36(22-10-7-20(32)8-11-22)31(24)41-29(28)30(38)35-15-4-5-23(35)18-40-27-6-2-3-16-39-27/h7-14,17,23,27,34H,2-6,15-16,18H2,1H3/t23-,27?/m1/s1. The van der Waals surface area contributed by atoms with Crippen LogP contribution in [-0.4, -0.2) is 47.5 Å². The number of ether oxygens (including phenoxy) is 2. The molecule has 6 rings (SSSR count). The van der Waals surface area contributed by atoms with Crippen molar-refractivity contribution < 1.29 is 23.0 Å². The number of benzene rings is 2. The zero-order chi connectivity index (χ0) is 28.5. The third-order valence-corrected chi connectivity index (χ3v) is 8.88. The number of hydrogen-bond donors (Lipinski definition) is 1. The molecule has 214 valence electrons. The van der Waals surface area contributed by atoms with Gasteiger partial charge in [0, 0.05) is 30.3 Å². The van der Waals surface area contributed by atoms with E-state index in [1.54, 1.807) is 25.1 Å². The molecular weight excluding hydrogens is 548 g/mol. The molecule has 1 unspecified atom stereocenters. The van der Waals surface area contributed by atoms with Gasteiger partial charge in [0.05, 0.1) is 24.0 Å².